The molecule has 1 aromatic carbocycles. The second-order valence-electron chi connectivity index (χ2n) is 5.66. The summed E-state index contributed by atoms with van der Waals surface area (Å²) in [7, 11) is 0. The summed E-state index contributed by atoms with van der Waals surface area (Å²) in [4.78, 5) is 12.8. The fourth-order valence-electron chi connectivity index (χ4n) is 2.78. The van der Waals surface area contributed by atoms with Crippen LogP contribution in [0, 0.1) is 13.1 Å². The highest BCUT2D eigenvalue weighted by atomic mass is 127. The number of rotatable bonds is 4. The SMILES string of the molecule is FCn1c(-c2cncc(Cn3cncc3I)c2)nc2cc(F)c(I)cc21. The van der Waals surface area contributed by atoms with E-state index in [1.54, 1.807) is 31.0 Å². The van der Waals surface area contributed by atoms with E-state index in [-0.39, 0.29) is 5.82 Å². The molecule has 4 aromatic rings. The van der Waals surface area contributed by atoms with Crippen LogP contribution in [0.2, 0.25) is 0 Å². The van der Waals surface area contributed by atoms with Crippen LogP contribution in [-0.4, -0.2) is 24.1 Å². The zero-order valence-corrected chi connectivity index (χ0v) is 17.5. The number of nitrogens with zero attached hydrogens (tertiary/aromatic N) is 5. The van der Waals surface area contributed by atoms with E-state index in [2.05, 4.69) is 37.5 Å². The molecule has 5 nitrogen and oxygen atoms in total. The van der Waals surface area contributed by atoms with E-state index < -0.39 is 6.80 Å². The van der Waals surface area contributed by atoms with Gasteiger partial charge in [0, 0.05) is 24.0 Å². The number of alkyl halides is 1. The third-order valence-corrected chi connectivity index (χ3v) is 5.70. The highest BCUT2D eigenvalue weighted by Gasteiger charge is 2.15. The highest BCUT2D eigenvalue weighted by molar-refractivity contribution is 14.1. The van der Waals surface area contributed by atoms with Crippen LogP contribution >= 0.6 is 45.2 Å². The molecule has 0 amide bonds. The first-order chi connectivity index (χ1) is 12.6. The molecule has 26 heavy (non-hydrogen) atoms. The standard InChI is InChI=1S/C17H11F2I2N5/c18-8-26-15-3-13(20)12(19)2-14(15)24-17(26)11-1-10(4-22-5-11)7-25-9-23-6-16(25)21/h1-6,9H,7-8H2. The van der Waals surface area contributed by atoms with Gasteiger partial charge in [0.1, 0.15) is 11.6 Å². The maximum atomic E-state index is 13.8. The van der Waals surface area contributed by atoms with Crippen LogP contribution in [0.4, 0.5) is 8.78 Å². The van der Waals surface area contributed by atoms with Crippen LogP contribution in [-0.2, 0) is 13.3 Å². The molecule has 0 aliphatic heterocycles. The number of imidazole rings is 2. The minimum absolute atomic E-state index is 0.366. The Morgan fingerprint density at radius 1 is 1.04 bits per heavy atom. The van der Waals surface area contributed by atoms with Gasteiger partial charge in [0.2, 0.25) is 0 Å². The predicted molar refractivity (Wildman–Crippen MR) is 111 cm³/mol. The van der Waals surface area contributed by atoms with Gasteiger partial charge in [-0.25, -0.2) is 18.7 Å². The van der Waals surface area contributed by atoms with Gasteiger partial charge in [0.15, 0.2) is 6.80 Å². The molecular weight excluding hydrogens is 566 g/mol. The van der Waals surface area contributed by atoms with Crippen molar-refractivity contribution in [3.63, 3.8) is 0 Å². The molecule has 3 aromatic heterocycles. The Kier molecular flexibility index (Phi) is 4.90. The van der Waals surface area contributed by atoms with Gasteiger partial charge in [-0.2, -0.15) is 0 Å². The van der Waals surface area contributed by atoms with Crippen molar-refractivity contribution in [1.29, 1.82) is 0 Å². The molecule has 0 aliphatic rings. The maximum absolute atomic E-state index is 13.8. The van der Waals surface area contributed by atoms with E-state index in [1.807, 2.05) is 33.2 Å². The van der Waals surface area contributed by atoms with E-state index in [0.29, 0.717) is 32.5 Å². The summed E-state index contributed by atoms with van der Waals surface area (Å²) in [5, 5.41) is 0. The van der Waals surface area contributed by atoms with Crippen LogP contribution in [0.5, 0.6) is 0 Å². The fourth-order valence-corrected chi connectivity index (χ4v) is 3.68. The van der Waals surface area contributed by atoms with E-state index in [0.717, 1.165) is 9.26 Å². The quantitative estimate of drug-likeness (QED) is 0.333. The summed E-state index contributed by atoms with van der Waals surface area (Å²) < 4.78 is 32.4. The number of aromatic nitrogens is 5. The summed E-state index contributed by atoms with van der Waals surface area (Å²) in [6.45, 7) is -0.154. The van der Waals surface area contributed by atoms with Gasteiger partial charge in [-0.05, 0) is 62.9 Å². The molecule has 0 N–H and O–H groups in total. The van der Waals surface area contributed by atoms with Crippen molar-refractivity contribution in [2.24, 2.45) is 0 Å². The van der Waals surface area contributed by atoms with Gasteiger partial charge in [-0.3, -0.25) is 9.55 Å². The monoisotopic (exact) mass is 577 g/mol. The van der Waals surface area contributed by atoms with Crippen molar-refractivity contribution in [2.75, 3.05) is 0 Å². The number of hydrogen-bond acceptors (Lipinski definition) is 3. The average Bonchev–Trinajstić information content (AvgIpc) is 3.19. The Bertz CT molecular complexity index is 1110. The summed E-state index contributed by atoms with van der Waals surface area (Å²) >= 11 is 4.10. The summed E-state index contributed by atoms with van der Waals surface area (Å²) in [6, 6.07) is 4.85. The molecule has 132 valence electrons. The Balaban J connectivity index is 1.80. The van der Waals surface area contributed by atoms with Crippen molar-refractivity contribution >= 4 is 56.2 Å². The summed E-state index contributed by atoms with van der Waals surface area (Å²) in [5.41, 5.74) is 2.60. The molecule has 0 unspecified atom stereocenters. The number of hydrogen-bond donors (Lipinski definition) is 0. The molecule has 0 saturated heterocycles. The highest BCUT2D eigenvalue weighted by Crippen LogP contribution is 2.28. The van der Waals surface area contributed by atoms with Gasteiger partial charge in [-0.15, -0.1) is 0 Å². The van der Waals surface area contributed by atoms with Crippen molar-refractivity contribution in [2.45, 2.75) is 13.3 Å². The molecule has 0 fully saturated rings. The van der Waals surface area contributed by atoms with Crippen LogP contribution in [0.3, 0.4) is 0 Å². The Morgan fingerprint density at radius 2 is 1.88 bits per heavy atom. The Hall–Kier alpha value is -1.63. The normalized spacial score (nSPS) is 11.4. The molecule has 0 bridgehead atoms. The third-order valence-electron chi connectivity index (χ3n) is 3.98. The largest absolute Gasteiger partial charge is 0.322 e. The van der Waals surface area contributed by atoms with E-state index in [4.69, 9.17) is 0 Å². The first-order valence-corrected chi connectivity index (χ1v) is 9.73. The molecule has 9 heteroatoms. The Labute approximate surface area is 174 Å². The smallest absolute Gasteiger partial charge is 0.167 e. The Morgan fingerprint density at radius 3 is 2.62 bits per heavy atom. The van der Waals surface area contributed by atoms with Crippen molar-refractivity contribution < 1.29 is 8.78 Å². The first-order valence-electron chi connectivity index (χ1n) is 7.58. The molecule has 4 rings (SSSR count). The molecule has 3 heterocycles. The number of benzene rings is 1. The maximum Gasteiger partial charge on any atom is 0.167 e. The van der Waals surface area contributed by atoms with Crippen molar-refractivity contribution in [3.8, 4) is 11.4 Å². The molecule has 0 saturated carbocycles. The zero-order chi connectivity index (χ0) is 18.3. The molecular formula is C17H11F2I2N5. The summed E-state index contributed by atoms with van der Waals surface area (Å²) in [5.74, 6) is 0.0632. The lowest BCUT2D eigenvalue weighted by molar-refractivity contribution is 0.387. The lowest BCUT2D eigenvalue weighted by Gasteiger charge is -2.08. The number of halogens is 4. The van der Waals surface area contributed by atoms with Crippen LogP contribution in [0.1, 0.15) is 5.56 Å². The molecule has 0 spiro atoms. The van der Waals surface area contributed by atoms with Gasteiger partial charge < -0.3 is 4.57 Å². The van der Waals surface area contributed by atoms with Gasteiger partial charge in [0.05, 0.1) is 37.4 Å². The van der Waals surface area contributed by atoms with E-state index in [1.165, 1.54) is 10.6 Å². The van der Waals surface area contributed by atoms with Crippen LogP contribution < -0.4 is 0 Å². The molecule has 0 aliphatic carbocycles. The molecule has 0 atom stereocenters. The van der Waals surface area contributed by atoms with Crippen LogP contribution in [0.15, 0.2) is 43.1 Å². The third kappa shape index (κ3) is 3.21. The minimum atomic E-state index is -0.753. The van der Waals surface area contributed by atoms with E-state index >= 15 is 0 Å². The zero-order valence-electron chi connectivity index (χ0n) is 13.2. The van der Waals surface area contributed by atoms with Gasteiger partial charge >= 0.3 is 0 Å². The first kappa shape index (κ1) is 17.8. The average molecular weight is 577 g/mol. The van der Waals surface area contributed by atoms with Crippen molar-refractivity contribution in [1.82, 2.24) is 24.1 Å². The fraction of sp³-hybridized carbons (Fsp3) is 0.118. The summed E-state index contributed by atoms with van der Waals surface area (Å²) in [6.07, 6.45) is 6.91. The minimum Gasteiger partial charge on any atom is -0.322 e. The molecule has 0 radical (unpaired) electrons. The number of pyridine rings is 1. The lowest BCUT2D eigenvalue weighted by atomic mass is 10.2. The second kappa shape index (κ2) is 7.18. The van der Waals surface area contributed by atoms with Gasteiger partial charge in [0.25, 0.3) is 0 Å². The second-order valence-corrected chi connectivity index (χ2v) is 7.93. The van der Waals surface area contributed by atoms with Gasteiger partial charge in [-0.1, -0.05) is 0 Å². The topological polar surface area (TPSA) is 48.5 Å². The predicted octanol–water partition coefficient (Wildman–Crippen LogP) is 4.62. The van der Waals surface area contributed by atoms with Crippen molar-refractivity contribution in [3.05, 3.63) is 61.8 Å². The lowest BCUT2D eigenvalue weighted by Crippen LogP contribution is -2.02. The number of fused-ring (bicyclic) bond motifs is 1. The van der Waals surface area contributed by atoms with Crippen LogP contribution in [0.25, 0.3) is 22.4 Å². The van der Waals surface area contributed by atoms with E-state index in [9.17, 15) is 8.78 Å².